The molecule has 1 aromatic carbocycles. The molecular weight excluding hydrogens is 318 g/mol. The van der Waals surface area contributed by atoms with Crippen molar-refractivity contribution in [3.63, 3.8) is 0 Å². The van der Waals surface area contributed by atoms with Gasteiger partial charge in [-0.05, 0) is 49.3 Å². The molecule has 0 atom stereocenters. The lowest BCUT2D eigenvalue weighted by molar-refractivity contribution is -0.140. The van der Waals surface area contributed by atoms with Gasteiger partial charge in [0.05, 0.1) is 18.8 Å². The number of hydrogen-bond acceptors (Lipinski definition) is 4. The van der Waals surface area contributed by atoms with E-state index in [1.54, 1.807) is 6.92 Å². The molecule has 0 aliphatic heterocycles. The number of phenolic OH excluding ortho intramolecular Hbond substituents is 1. The maximum absolute atomic E-state index is 12.6. The molecule has 5 nitrogen and oxygen atoms in total. The van der Waals surface area contributed by atoms with Gasteiger partial charge in [0.15, 0.2) is 0 Å². The SMILES string of the molecule is CCN(C(=O)CCc1cc(C)c(O)c(C(C)(C)C)c1)C(C)(CO)CO. The smallest absolute Gasteiger partial charge is 0.223 e. The number of aromatic hydroxyl groups is 1. The van der Waals surface area contributed by atoms with Crippen LogP contribution in [0, 0.1) is 6.92 Å². The maximum atomic E-state index is 12.6. The summed E-state index contributed by atoms with van der Waals surface area (Å²) < 4.78 is 0. The van der Waals surface area contributed by atoms with Gasteiger partial charge in [0, 0.05) is 13.0 Å². The molecule has 0 spiro atoms. The third-order valence-corrected chi connectivity index (χ3v) is 4.75. The number of amides is 1. The largest absolute Gasteiger partial charge is 0.507 e. The van der Waals surface area contributed by atoms with Crippen molar-refractivity contribution < 1.29 is 20.1 Å². The summed E-state index contributed by atoms with van der Waals surface area (Å²) in [5, 5.41) is 29.4. The summed E-state index contributed by atoms with van der Waals surface area (Å²) >= 11 is 0. The number of phenols is 1. The molecule has 1 amide bonds. The van der Waals surface area contributed by atoms with Gasteiger partial charge < -0.3 is 20.2 Å². The second-order valence-corrected chi connectivity index (χ2v) is 8.01. The highest BCUT2D eigenvalue weighted by molar-refractivity contribution is 5.77. The van der Waals surface area contributed by atoms with Crippen molar-refractivity contribution in [1.82, 2.24) is 4.90 Å². The number of likely N-dealkylation sites (N-methyl/N-ethyl adjacent to an activating group) is 1. The van der Waals surface area contributed by atoms with Gasteiger partial charge in [-0.2, -0.15) is 0 Å². The van der Waals surface area contributed by atoms with Gasteiger partial charge in [-0.25, -0.2) is 0 Å². The van der Waals surface area contributed by atoms with Crippen LogP contribution in [0.1, 0.15) is 57.7 Å². The number of rotatable bonds is 7. The Labute approximate surface area is 151 Å². The van der Waals surface area contributed by atoms with Crippen LogP contribution in [0.25, 0.3) is 0 Å². The van der Waals surface area contributed by atoms with Crippen molar-refractivity contribution in [2.45, 2.75) is 65.3 Å². The van der Waals surface area contributed by atoms with E-state index in [-0.39, 0.29) is 31.0 Å². The first-order valence-corrected chi connectivity index (χ1v) is 8.85. The fourth-order valence-electron chi connectivity index (χ4n) is 3.04. The molecule has 0 saturated heterocycles. The van der Waals surface area contributed by atoms with Crippen LogP contribution in [0.5, 0.6) is 5.75 Å². The molecule has 1 aromatic rings. The molecular formula is C20H33NO4. The zero-order valence-corrected chi connectivity index (χ0v) is 16.4. The van der Waals surface area contributed by atoms with Crippen molar-refractivity contribution in [2.75, 3.05) is 19.8 Å². The number of carbonyl (C=O) groups excluding carboxylic acids is 1. The number of benzene rings is 1. The van der Waals surface area contributed by atoms with Gasteiger partial charge in [0.2, 0.25) is 5.91 Å². The molecule has 0 radical (unpaired) electrons. The minimum atomic E-state index is -0.951. The van der Waals surface area contributed by atoms with Gasteiger partial charge in [0.25, 0.3) is 0 Å². The molecule has 0 aliphatic rings. The standard InChI is InChI=1S/C20H33NO4/c1-7-21(20(6,12-22)13-23)17(24)9-8-15-10-14(2)18(25)16(11-15)19(3,4)5/h10-11,22-23,25H,7-9,12-13H2,1-6H3. The molecule has 3 N–H and O–H groups in total. The summed E-state index contributed by atoms with van der Waals surface area (Å²) in [5.41, 5.74) is 1.54. The van der Waals surface area contributed by atoms with E-state index < -0.39 is 5.54 Å². The van der Waals surface area contributed by atoms with Crippen LogP contribution in [-0.2, 0) is 16.6 Å². The molecule has 0 heterocycles. The Morgan fingerprint density at radius 2 is 1.68 bits per heavy atom. The van der Waals surface area contributed by atoms with Crippen molar-refractivity contribution in [3.05, 3.63) is 28.8 Å². The first-order valence-electron chi connectivity index (χ1n) is 8.85. The Bertz CT molecular complexity index is 600. The summed E-state index contributed by atoms with van der Waals surface area (Å²) in [7, 11) is 0. The predicted molar refractivity (Wildman–Crippen MR) is 99.8 cm³/mol. The van der Waals surface area contributed by atoms with E-state index >= 15 is 0 Å². The number of hydrogen-bond donors (Lipinski definition) is 3. The van der Waals surface area contributed by atoms with E-state index in [4.69, 9.17) is 0 Å². The maximum Gasteiger partial charge on any atom is 0.223 e. The van der Waals surface area contributed by atoms with Crippen LogP contribution >= 0.6 is 0 Å². The minimum Gasteiger partial charge on any atom is -0.507 e. The molecule has 0 aromatic heterocycles. The first-order chi connectivity index (χ1) is 11.5. The molecule has 142 valence electrons. The quantitative estimate of drug-likeness (QED) is 0.705. The zero-order valence-electron chi connectivity index (χ0n) is 16.4. The third kappa shape index (κ3) is 4.95. The summed E-state index contributed by atoms with van der Waals surface area (Å²) in [5.74, 6) is 0.210. The Morgan fingerprint density at radius 3 is 2.12 bits per heavy atom. The van der Waals surface area contributed by atoms with Crippen LogP contribution in [-0.4, -0.2) is 51.4 Å². The average molecular weight is 351 g/mol. The number of nitrogens with zero attached hydrogens (tertiary/aromatic N) is 1. The normalized spacial score (nSPS) is 12.3. The summed E-state index contributed by atoms with van der Waals surface area (Å²) in [6.07, 6.45) is 0.837. The zero-order chi connectivity index (χ0) is 19.4. The fraction of sp³-hybridized carbons (Fsp3) is 0.650. The Balaban J connectivity index is 2.98. The molecule has 0 bridgehead atoms. The summed E-state index contributed by atoms with van der Waals surface area (Å²) in [4.78, 5) is 14.1. The number of aliphatic hydroxyl groups excluding tert-OH is 2. The van der Waals surface area contributed by atoms with Crippen LogP contribution in [0.2, 0.25) is 0 Å². The summed E-state index contributed by atoms with van der Waals surface area (Å²) in [6.45, 7) is 11.4. The van der Waals surface area contributed by atoms with Crippen LogP contribution in [0.15, 0.2) is 12.1 Å². The lowest BCUT2D eigenvalue weighted by atomic mass is 9.83. The highest BCUT2D eigenvalue weighted by Crippen LogP contribution is 2.34. The van der Waals surface area contributed by atoms with Gasteiger partial charge in [0.1, 0.15) is 5.75 Å². The lowest BCUT2D eigenvalue weighted by Crippen LogP contribution is -2.54. The first kappa shape index (κ1) is 21.5. The molecule has 5 heteroatoms. The predicted octanol–water partition coefficient (Wildman–Crippen LogP) is 2.52. The van der Waals surface area contributed by atoms with E-state index in [2.05, 4.69) is 0 Å². The second kappa shape index (κ2) is 8.19. The molecule has 0 aliphatic carbocycles. The topological polar surface area (TPSA) is 81.0 Å². The highest BCUT2D eigenvalue weighted by Gasteiger charge is 2.33. The number of aliphatic hydroxyl groups is 2. The number of aryl methyl sites for hydroxylation is 2. The van der Waals surface area contributed by atoms with E-state index in [0.29, 0.717) is 18.7 Å². The van der Waals surface area contributed by atoms with E-state index in [9.17, 15) is 20.1 Å². The van der Waals surface area contributed by atoms with E-state index in [1.807, 2.05) is 46.8 Å². The average Bonchev–Trinajstić information content (AvgIpc) is 2.54. The second-order valence-electron chi connectivity index (χ2n) is 8.01. The Morgan fingerprint density at radius 1 is 1.12 bits per heavy atom. The van der Waals surface area contributed by atoms with Crippen molar-refractivity contribution >= 4 is 5.91 Å². The highest BCUT2D eigenvalue weighted by atomic mass is 16.3. The number of carbonyl (C=O) groups is 1. The van der Waals surface area contributed by atoms with E-state index in [1.165, 1.54) is 4.90 Å². The molecule has 25 heavy (non-hydrogen) atoms. The van der Waals surface area contributed by atoms with Gasteiger partial charge >= 0.3 is 0 Å². The van der Waals surface area contributed by atoms with Crippen LogP contribution in [0.3, 0.4) is 0 Å². The van der Waals surface area contributed by atoms with Gasteiger partial charge in [-0.15, -0.1) is 0 Å². The molecule has 0 fully saturated rings. The fourth-order valence-corrected chi connectivity index (χ4v) is 3.04. The van der Waals surface area contributed by atoms with Crippen molar-refractivity contribution in [1.29, 1.82) is 0 Å². The Hall–Kier alpha value is -1.59. The van der Waals surface area contributed by atoms with Gasteiger partial charge in [-0.3, -0.25) is 4.79 Å². The molecule has 0 unspecified atom stereocenters. The van der Waals surface area contributed by atoms with Crippen LogP contribution in [0.4, 0.5) is 0 Å². The van der Waals surface area contributed by atoms with Gasteiger partial charge in [-0.1, -0.05) is 32.9 Å². The Kier molecular flexibility index (Phi) is 7.03. The third-order valence-electron chi connectivity index (χ3n) is 4.75. The monoisotopic (exact) mass is 351 g/mol. The van der Waals surface area contributed by atoms with Crippen molar-refractivity contribution in [3.8, 4) is 5.75 Å². The molecule has 1 rings (SSSR count). The van der Waals surface area contributed by atoms with Crippen LogP contribution < -0.4 is 0 Å². The summed E-state index contributed by atoms with van der Waals surface area (Å²) in [6, 6.07) is 3.87. The van der Waals surface area contributed by atoms with E-state index in [0.717, 1.165) is 16.7 Å². The molecule has 0 saturated carbocycles. The minimum absolute atomic E-state index is 0.101. The lowest BCUT2D eigenvalue weighted by Gasteiger charge is -2.38. The van der Waals surface area contributed by atoms with Crippen molar-refractivity contribution in [2.24, 2.45) is 0 Å².